The molecule has 134 valence electrons. The Balaban J connectivity index is 2.14. The molecule has 1 unspecified atom stereocenters. The highest BCUT2D eigenvalue weighted by molar-refractivity contribution is 5.78. The fourth-order valence-electron chi connectivity index (χ4n) is 1.96. The maximum Gasteiger partial charge on any atom is 0.416 e. The van der Waals surface area contributed by atoms with Crippen molar-refractivity contribution in [2.24, 2.45) is 11.7 Å². The summed E-state index contributed by atoms with van der Waals surface area (Å²) in [4.78, 5) is 15.8. The highest BCUT2D eigenvalue weighted by atomic mass is 19.4. The van der Waals surface area contributed by atoms with Gasteiger partial charge in [0.2, 0.25) is 11.8 Å². The average Bonchev–Trinajstić information content (AvgIpc) is 2.59. The zero-order valence-electron chi connectivity index (χ0n) is 13.5. The van der Waals surface area contributed by atoms with Crippen LogP contribution in [0.5, 0.6) is 11.6 Å². The number of rotatable bonds is 6. The van der Waals surface area contributed by atoms with Crippen molar-refractivity contribution in [3.63, 3.8) is 0 Å². The van der Waals surface area contributed by atoms with Gasteiger partial charge in [-0.25, -0.2) is 4.98 Å². The summed E-state index contributed by atoms with van der Waals surface area (Å²) in [5, 5.41) is 2.69. The number of nitrogens with zero attached hydrogens (tertiary/aromatic N) is 1. The maximum atomic E-state index is 12.8. The third kappa shape index (κ3) is 5.18. The van der Waals surface area contributed by atoms with Gasteiger partial charge in [-0.2, -0.15) is 13.2 Å². The highest BCUT2D eigenvalue weighted by Crippen LogP contribution is 2.32. The molecule has 1 aromatic heterocycles. The minimum atomic E-state index is -4.46. The molecule has 0 saturated heterocycles. The van der Waals surface area contributed by atoms with Gasteiger partial charge in [0.05, 0.1) is 5.56 Å². The van der Waals surface area contributed by atoms with Crippen molar-refractivity contribution >= 4 is 5.91 Å². The molecule has 0 radical (unpaired) electrons. The van der Waals surface area contributed by atoms with Crippen LogP contribution in [0.3, 0.4) is 0 Å². The third-order valence-electron chi connectivity index (χ3n) is 3.48. The van der Waals surface area contributed by atoms with Crippen LogP contribution in [0, 0.1) is 5.92 Å². The summed E-state index contributed by atoms with van der Waals surface area (Å²) in [7, 11) is 0. The van der Waals surface area contributed by atoms with Crippen LogP contribution in [-0.4, -0.2) is 17.4 Å². The molecule has 1 aromatic carbocycles. The molecule has 0 aliphatic heterocycles. The Bertz CT molecular complexity index is 735. The summed E-state index contributed by atoms with van der Waals surface area (Å²) in [6, 6.07) is 7.83. The molecule has 0 spiro atoms. The molecular weight excluding hydrogens is 335 g/mol. The van der Waals surface area contributed by atoms with Gasteiger partial charge >= 0.3 is 6.18 Å². The van der Waals surface area contributed by atoms with E-state index in [9.17, 15) is 18.0 Å². The van der Waals surface area contributed by atoms with Crippen LogP contribution in [0.4, 0.5) is 13.2 Å². The van der Waals surface area contributed by atoms with Crippen LogP contribution in [0.15, 0.2) is 42.6 Å². The van der Waals surface area contributed by atoms with Crippen molar-refractivity contribution in [3.05, 3.63) is 53.7 Å². The first kappa shape index (κ1) is 18.7. The lowest BCUT2D eigenvalue weighted by Gasteiger charge is -2.13. The SMILES string of the molecule is CC(CN)C(=O)NCc1cccnc1Oc1cccc(C(F)(F)F)c1. The summed E-state index contributed by atoms with van der Waals surface area (Å²) in [6.45, 7) is 2.04. The zero-order chi connectivity index (χ0) is 18.4. The minimum Gasteiger partial charge on any atom is -0.439 e. The molecule has 2 rings (SSSR count). The van der Waals surface area contributed by atoms with E-state index in [0.29, 0.717) is 5.56 Å². The molecule has 0 saturated carbocycles. The second-order valence-corrected chi connectivity index (χ2v) is 5.45. The lowest BCUT2D eigenvalue weighted by Crippen LogP contribution is -2.32. The van der Waals surface area contributed by atoms with Crippen LogP contribution in [0.2, 0.25) is 0 Å². The molecule has 0 bridgehead atoms. The number of hydrogen-bond acceptors (Lipinski definition) is 4. The second kappa shape index (κ2) is 7.98. The fourth-order valence-corrected chi connectivity index (χ4v) is 1.96. The van der Waals surface area contributed by atoms with E-state index in [2.05, 4.69) is 10.3 Å². The van der Waals surface area contributed by atoms with Crippen molar-refractivity contribution in [2.45, 2.75) is 19.6 Å². The molecular formula is C17H18F3N3O2. The number of carbonyl (C=O) groups excluding carboxylic acids is 1. The predicted octanol–water partition coefficient (Wildman–Crippen LogP) is 3.10. The Morgan fingerprint density at radius 1 is 1.32 bits per heavy atom. The van der Waals surface area contributed by atoms with Gasteiger partial charge < -0.3 is 15.8 Å². The topological polar surface area (TPSA) is 77.2 Å². The summed E-state index contributed by atoms with van der Waals surface area (Å²) in [5.74, 6) is -0.431. The normalized spacial score (nSPS) is 12.5. The number of alkyl halides is 3. The van der Waals surface area contributed by atoms with Gasteiger partial charge in [-0.15, -0.1) is 0 Å². The van der Waals surface area contributed by atoms with Crippen LogP contribution < -0.4 is 15.8 Å². The number of hydrogen-bond donors (Lipinski definition) is 2. The quantitative estimate of drug-likeness (QED) is 0.837. The largest absolute Gasteiger partial charge is 0.439 e. The number of pyridine rings is 1. The van der Waals surface area contributed by atoms with E-state index >= 15 is 0 Å². The predicted molar refractivity (Wildman–Crippen MR) is 85.8 cm³/mol. The highest BCUT2D eigenvalue weighted by Gasteiger charge is 2.30. The van der Waals surface area contributed by atoms with Crippen LogP contribution in [0.25, 0.3) is 0 Å². The first-order valence-electron chi connectivity index (χ1n) is 7.58. The van der Waals surface area contributed by atoms with Crippen LogP contribution >= 0.6 is 0 Å². The Hall–Kier alpha value is -2.61. The van der Waals surface area contributed by atoms with Gasteiger partial charge in [-0.05, 0) is 24.3 Å². The second-order valence-electron chi connectivity index (χ2n) is 5.45. The first-order valence-corrected chi connectivity index (χ1v) is 7.58. The fraction of sp³-hybridized carbons (Fsp3) is 0.294. The number of ether oxygens (including phenoxy) is 1. The number of nitrogens with two attached hydrogens (primary N) is 1. The molecule has 3 N–H and O–H groups in total. The molecule has 0 aliphatic carbocycles. The van der Waals surface area contributed by atoms with Crippen molar-refractivity contribution in [3.8, 4) is 11.6 Å². The Morgan fingerprint density at radius 2 is 2.08 bits per heavy atom. The number of amides is 1. The number of aromatic nitrogens is 1. The standard InChI is InChI=1S/C17H18F3N3O2/c1-11(9-21)15(24)23-10-12-4-3-7-22-16(12)25-14-6-2-5-13(8-14)17(18,19)20/h2-8,11H,9-10,21H2,1H3,(H,23,24). The lowest BCUT2D eigenvalue weighted by molar-refractivity contribution is -0.137. The Morgan fingerprint density at radius 3 is 2.76 bits per heavy atom. The number of nitrogens with one attached hydrogen (secondary N) is 1. The molecule has 1 heterocycles. The molecule has 0 fully saturated rings. The van der Waals surface area contributed by atoms with Gasteiger partial charge in [0.1, 0.15) is 5.75 Å². The third-order valence-corrected chi connectivity index (χ3v) is 3.48. The Labute approximate surface area is 143 Å². The number of halogens is 3. The van der Waals surface area contributed by atoms with E-state index < -0.39 is 11.7 Å². The average molecular weight is 353 g/mol. The van der Waals surface area contributed by atoms with Gasteiger partial charge in [-0.3, -0.25) is 4.79 Å². The van der Waals surface area contributed by atoms with Crippen LogP contribution in [-0.2, 0) is 17.5 Å². The summed E-state index contributed by atoms with van der Waals surface area (Å²) in [6.07, 6.45) is -3.00. The molecule has 8 heteroatoms. The van der Waals surface area contributed by atoms with Gasteiger partial charge in [0.15, 0.2) is 0 Å². The zero-order valence-corrected chi connectivity index (χ0v) is 13.5. The molecule has 25 heavy (non-hydrogen) atoms. The van der Waals surface area contributed by atoms with Crippen molar-refractivity contribution in [1.82, 2.24) is 10.3 Å². The summed E-state index contributed by atoms with van der Waals surface area (Å²) in [5.41, 5.74) is 5.16. The Kier molecular flexibility index (Phi) is 5.97. The van der Waals surface area contributed by atoms with Crippen molar-refractivity contribution in [1.29, 1.82) is 0 Å². The molecule has 5 nitrogen and oxygen atoms in total. The molecule has 1 amide bonds. The minimum absolute atomic E-state index is 0.0106. The monoisotopic (exact) mass is 353 g/mol. The van der Waals surface area contributed by atoms with E-state index in [1.54, 1.807) is 19.1 Å². The number of carbonyl (C=O) groups is 1. The van der Waals surface area contributed by atoms with E-state index in [1.165, 1.54) is 18.3 Å². The van der Waals surface area contributed by atoms with E-state index in [1.807, 2.05) is 0 Å². The van der Waals surface area contributed by atoms with E-state index in [0.717, 1.165) is 12.1 Å². The van der Waals surface area contributed by atoms with Gasteiger partial charge in [0, 0.05) is 30.8 Å². The molecule has 0 aliphatic rings. The lowest BCUT2D eigenvalue weighted by atomic mass is 10.1. The molecule has 1 atom stereocenters. The maximum absolute atomic E-state index is 12.8. The van der Waals surface area contributed by atoms with Crippen molar-refractivity contribution < 1.29 is 22.7 Å². The van der Waals surface area contributed by atoms with E-state index in [-0.39, 0.29) is 36.5 Å². The van der Waals surface area contributed by atoms with E-state index in [4.69, 9.17) is 10.5 Å². The first-order chi connectivity index (χ1) is 11.8. The van der Waals surface area contributed by atoms with Crippen molar-refractivity contribution in [2.75, 3.05) is 6.54 Å². The molecule has 2 aromatic rings. The van der Waals surface area contributed by atoms with Gasteiger partial charge in [0.25, 0.3) is 0 Å². The number of benzene rings is 1. The van der Waals surface area contributed by atoms with Crippen LogP contribution in [0.1, 0.15) is 18.1 Å². The van der Waals surface area contributed by atoms with Gasteiger partial charge in [-0.1, -0.05) is 19.1 Å². The summed E-state index contributed by atoms with van der Waals surface area (Å²) >= 11 is 0. The smallest absolute Gasteiger partial charge is 0.416 e. The summed E-state index contributed by atoms with van der Waals surface area (Å²) < 4.78 is 43.8.